The van der Waals surface area contributed by atoms with Crippen LogP contribution in [0.25, 0.3) is 22.2 Å². The maximum Gasteiger partial charge on any atom is 0.416 e. The first kappa shape index (κ1) is 31.0. The Morgan fingerprint density at radius 1 is 1.07 bits per heavy atom. The number of carbonyl (C=O) groups excluding carboxylic acids is 1. The number of nitrogen functional groups attached to an aromatic ring is 1. The lowest BCUT2D eigenvalue weighted by atomic mass is 9.84. The topological polar surface area (TPSA) is 120 Å². The molecular weight excluding hydrogens is 583 g/mol. The number of halogens is 3. The van der Waals surface area contributed by atoms with Crippen LogP contribution in [-0.2, 0) is 17.3 Å². The van der Waals surface area contributed by atoms with Crippen LogP contribution in [0.4, 0.5) is 24.8 Å². The van der Waals surface area contributed by atoms with Gasteiger partial charge in [0.2, 0.25) is 0 Å². The average Bonchev–Trinajstić information content (AvgIpc) is 3.45. The molecule has 6 rings (SSSR count). The molecule has 2 aliphatic rings. The number of aryl methyl sites for hydroxylation is 1. The Labute approximate surface area is 259 Å². The van der Waals surface area contributed by atoms with Gasteiger partial charge in [0, 0.05) is 36.5 Å². The van der Waals surface area contributed by atoms with Crippen molar-refractivity contribution in [3.8, 4) is 11.3 Å². The fourth-order valence-corrected chi connectivity index (χ4v) is 6.73. The molecule has 0 saturated heterocycles. The number of pyridine rings is 2. The number of nitrogens with zero attached hydrogens (tertiary/aromatic N) is 4. The normalized spacial score (nSPS) is 21.3. The number of nitrogens with two attached hydrogens (primary N) is 1. The maximum absolute atomic E-state index is 13.1. The van der Waals surface area contributed by atoms with Crippen LogP contribution in [0.5, 0.6) is 0 Å². The van der Waals surface area contributed by atoms with Crippen molar-refractivity contribution < 1.29 is 22.7 Å². The van der Waals surface area contributed by atoms with E-state index in [1.54, 1.807) is 31.4 Å². The summed E-state index contributed by atoms with van der Waals surface area (Å²) in [6.45, 7) is 0.939. The third-order valence-corrected chi connectivity index (χ3v) is 9.01. The zero-order valence-corrected chi connectivity index (χ0v) is 25.2. The van der Waals surface area contributed by atoms with Crippen LogP contribution >= 0.6 is 0 Å². The van der Waals surface area contributed by atoms with E-state index in [2.05, 4.69) is 25.3 Å². The number of methoxy groups -OCH3 is 1. The van der Waals surface area contributed by atoms with E-state index >= 15 is 0 Å². The number of benzene rings is 1. The fraction of sp³-hybridized carbons (Fsp3) is 0.455. The molecule has 1 fully saturated rings. The molecule has 4 N–H and O–H groups in total. The molecule has 9 nitrogen and oxygen atoms in total. The summed E-state index contributed by atoms with van der Waals surface area (Å²) in [5, 5.41) is 12.1. The number of ether oxygens (including phenoxy) is 1. The molecule has 3 atom stereocenters. The summed E-state index contributed by atoms with van der Waals surface area (Å²) in [7, 11) is 1.77. The van der Waals surface area contributed by atoms with Crippen molar-refractivity contribution in [1.82, 2.24) is 25.1 Å². The van der Waals surface area contributed by atoms with Crippen molar-refractivity contribution in [2.24, 2.45) is 5.92 Å². The van der Waals surface area contributed by atoms with E-state index in [0.717, 1.165) is 105 Å². The van der Waals surface area contributed by atoms with E-state index < -0.39 is 17.6 Å². The molecule has 1 amide bonds. The predicted octanol–water partition coefficient (Wildman–Crippen LogP) is 6.76. The lowest BCUT2D eigenvalue weighted by molar-refractivity contribution is -0.137. The van der Waals surface area contributed by atoms with Crippen molar-refractivity contribution in [3.63, 3.8) is 0 Å². The van der Waals surface area contributed by atoms with Crippen molar-refractivity contribution in [2.45, 2.75) is 76.2 Å². The lowest BCUT2D eigenvalue weighted by Crippen LogP contribution is -2.41. The summed E-state index contributed by atoms with van der Waals surface area (Å²) in [6.07, 6.45) is 7.69. The molecule has 1 aliphatic heterocycles. The SMILES string of the molecule is COC1NCCCCCCc2cnc(N)c3c(-c4ccc(C(=O)Nc5cc(C(F)(F)F)ccn5)cc4)nn(c23)[C@@H]2CCC[C@@H]1C2. The first-order chi connectivity index (χ1) is 21.7. The molecule has 1 unspecified atom stereocenters. The second-order valence-corrected chi connectivity index (χ2v) is 12.0. The number of rotatable bonds is 4. The first-order valence-corrected chi connectivity index (χ1v) is 15.6. The van der Waals surface area contributed by atoms with Gasteiger partial charge in [-0.3, -0.25) is 14.8 Å². The number of hydrogen-bond donors (Lipinski definition) is 3. The third-order valence-electron chi connectivity index (χ3n) is 9.01. The number of amides is 1. The summed E-state index contributed by atoms with van der Waals surface area (Å²) < 4.78 is 47.4. The summed E-state index contributed by atoms with van der Waals surface area (Å²) in [5.74, 6) is 0.00436. The number of fused-ring (bicyclic) bond motifs is 3. The molecular formula is C33H38F3N7O2. The second-order valence-electron chi connectivity index (χ2n) is 12.0. The van der Waals surface area contributed by atoms with Crippen molar-refractivity contribution in [1.29, 1.82) is 0 Å². The molecule has 4 heterocycles. The maximum atomic E-state index is 13.1. The number of hydrogen-bond acceptors (Lipinski definition) is 7. The van der Waals surface area contributed by atoms with Gasteiger partial charge in [-0.05, 0) is 74.9 Å². The monoisotopic (exact) mass is 621 g/mol. The van der Waals surface area contributed by atoms with Crippen LogP contribution in [0, 0.1) is 5.92 Å². The largest absolute Gasteiger partial charge is 0.416 e. The molecule has 1 saturated carbocycles. The summed E-state index contributed by atoms with van der Waals surface area (Å²) in [6, 6.07) is 8.64. The second kappa shape index (κ2) is 13.1. The first-order valence-electron chi connectivity index (χ1n) is 15.6. The molecule has 2 bridgehead atoms. The molecule has 0 spiro atoms. The van der Waals surface area contributed by atoms with Gasteiger partial charge in [-0.2, -0.15) is 18.3 Å². The molecule has 0 radical (unpaired) electrons. The lowest BCUT2D eigenvalue weighted by Gasteiger charge is -2.35. The van der Waals surface area contributed by atoms with Crippen LogP contribution in [0.3, 0.4) is 0 Å². The summed E-state index contributed by atoms with van der Waals surface area (Å²) in [4.78, 5) is 21.4. The van der Waals surface area contributed by atoms with Gasteiger partial charge < -0.3 is 15.8 Å². The van der Waals surface area contributed by atoms with E-state index in [1.165, 1.54) is 0 Å². The zero-order valence-electron chi connectivity index (χ0n) is 25.2. The number of nitrogens with one attached hydrogen (secondary N) is 2. The minimum atomic E-state index is -4.54. The Morgan fingerprint density at radius 3 is 2.64 bits per heavy atom. The number of alkyl halides is 3. The zero-order chi connectivity index (χ0) is 31.6. The van der Waals surface area contributed by atoms with Gasteiger partial charge in [0.05, 0.1) is 22.5 Å². The Hall–Kier alpha value is -4.03. The van der Waals surface area contributed by atoms with Crippen LogP contribution in [-0.4, -0.2) is 45.5 Å². The Balaban J connectivity index is 1.34. The van der Waals surface area contributed by atoms with Crippen LogP contribution in [0.1, 0.15) is 78.9 Å². The third kappa shape index (κ3) is 6.67. The quantitative estimate of drug-likeness (QED) is 0.230. The average molecular weight is 622 g/mol. The smallest absolute Gasteiger partial charge is 0.383 e. The Kier molecular flexibility index (Phi) is 9.04. The number of anilines is 2. The van der Waals surface area contributed by atoms with Crippen molar-refractivity contribution in [2.75, 3.05) is 24.7 Å². The highest BCUT2D eigenvalue weighted by atomic mass is 19.4. The molecule has 3 aromatic heterocycles. The van der Waals surface area contributed by atoms with E-state index in [0.29, 0.717) is 17.4 Å². The van der Waals surface area contributed by atoms with Crippen molar-refractivity contribution >= 4 is 28.4 Å². The number of aromatic nitrogens is 4. The van der Waals surface area contributed by atoms with Gasteiger partial charge in [-0.25, -0.2) is 9.97 Å². The van der Waals surface area contributed by atoms with Crippen molar-refractivity contribution in [3.05, 3.63) is 65.5 Å². The molecule has 45 heavy (non-hydrogen) atoms. The van der Waals surface area contributed by atoms with Crippen LogP contribution < -0.4 is 16.4 Å². The highest BCUT2D eigenvalue weighted by molar-refractivity contribution is 6.05. The van der Waals surface area contributed by atoms with Crippen LogP contribution in [0.2, 0.25) is 0 Å². The molecule has 238 valence electrons. The molecule has 1 aromatic carbocycles. The number of carbonyl (C=O) groups is 1. The van der Waals surface area contributed by atoms with Gasteiger partial charge in [0.15, 0.2) is 0 Å². The highest BCUT2D eigenvalue weighted by Gasteiger charge is 2.33. The van der Waals surface area contributed by atoms with Gasteiger partial charge >= 0.3 is 6.18 Å². The predicted molar refractivity (Wildman–Crippen MR) is 167 cm³/mol. The summed E-state index contributed by atoms with van der Waals surface area (Å²) in [5.41, 5.74) is 9.53. The fourth-order valence-electron chi connectivity index (χ4n) is 6.73. The van der Waals surface area contributed by atoms with E-state index in [1.807, 2.05) is 6.20 Å². The van der Waals surface area contributed by atoms with E-state index in [9.17, 15) is 18.0 Å². The van der Waals surface area contributed by atoms with Crippen LogP contribution in [0.15, 0.2) is 48.8 Å². The minimum absolute atomic E-state index is 0.00642. The van der Waals surface area contributed by atoms with E-state index in [4.69, 9.17) is 15.6 Å². The molecule has 4 aromatic rings. The van der Waals surface area contributed by atoms with Gasteiger partial charge in [0.1, 0.15) is 23.6 Å². The molecule has 1 aliphatic carbocycles. The standard InChI is InChI=1S/C33H38F3N7O2/c1-45-32-22-8-6-9-25(17-22)43-29-23(7-4-2-3-5-15-39-32)19-40-30(37)27(29)28(42-43)20-10-12-21(13-11-20)31(44)41-26-18-24(14-16-38-26)33(34,35)36/h10-14,16,18-19,22,25,32,39H,2-9,15,17H2,1H3,(H2,37,40)(H,38,41,44)/t22-,25-,32?/m1/s1. The Bertz CT molecular complexity index is 1650. The van der Waals surface area contributed by atoms with Gasteiger partial charge in [0.25, 0.3) is 5.91 Å². The van der Waals surface area contributed by atoms with E-state index in [-0.39, 0.29) is 23.7 Å². The Morgan fingerprint density at radius 2 is 1.87 bits per heavy atom. The minimum Gasteiger partial charge on any atom is -0.383 e. The highest BCUT2D eigenvalue weighted by Crippen LogP contribution is 2.41. The summed E-state index contributed by atoms with van der Waals surface area (Å²) >= 11 is 0. The molecule has 12 heteroatoms. The van der Waals surface area contributed by atoms with Gasteiger partial charge in [-0.1, -0.05) is 31.4 Å². The van der Waals surface area contributed by atoms with Gasteiger partial charge in [-0.15, -0.1) is 0 Å².